The summed E-state index contributed by atoms with van der Waals surface area (Å²) in [6, 6.07) is 7.69. The van der Waals surface area contributed by atoms with E-state index in [9.17, 15) is 13.2 Å². The van der Waals surface area contributed by atoms with Crippen LogP contribution in [0.15, 0.2) is 33.7 Å². The Labute approximate surface area is 159 Å². The summed E-state index contributed by atoms with van der Waals surface area (Å²) in [7, 11) is -3.71. The fourth-order valence-corrected chi connectivity index (χ4v) is 3.90. The Hall–Kier alpha value is -2.39. The number of hydrogen-bond donors (Lipinski definition) is 2. The van der Waals surface area contributed by atoms with E-state index < -0.39 is 10.0 Å². The van der Waals surface area contributed by atoms with Crippen LogP contribution in [0.25, 0.3) is 0 Å². The van der Waals surface area contributed by atoms with Crippen LogP contribution in [0.4, 0.5) is 0 Å². The van der Waals surface area contributed by atoms with E-state index in [4.69, 9.17) is 9.26 Å². The molecule has 1 heterocycles. The molecule has 2 aromatic rings. The molecule has 0 radical (unpaired) electrons. The van der Waals surface area contributed by atoms with Gasteiger partial charge in [-0.2, -0.15) is 0 Å². The Morgan fingerprint density at radius 3 is 2.59 bits per heavy atom. The summed E-state index contributed by atoms with van der Waals surface area (Å²) in [6.07, 6.45) is 0.882. The van der Waals surface area contributed by atoms with E-state index in [1.807, 2.05) is 31.2 Å². The molecular weight excluding hydrogens is 370 g/mol. The molecule has 0 aliphatic rings. The lowest BCUT2D eigenvalue weighted by molar-refractivity contribution is -0.121. The van der Waals surface area contributed by atoms with Crippen LogP contribution < -0.4 is 14.8 Å². The number of rotatable bonds is 10. The second kappa shape index (κ2) is 9.52. The van der Waals surface area contributed by atoms with Crippen LogP contribution in [-0.2, 0) is 14.8 Å². The average molecular weight is 395 g/mol. The number of sulfonamides is 1. The van der Waals surface area contributed by atoms with Crippen LogP contribution >= 0.6 is 0 Å². The standard InChI is InChI=1S/C18H25N3O5S/c1-13-7-4-5-8-16(13)25-12-6-9-17(22)19-10-11-20-27(23,24)18-14(2)21-26-15(18)3/h4-5,7-8,20H,6,9-12H2,1-3H3,(H,19,22). The Morgan fingerprint density at radius 1 is 1.19 bits per heavy atom. The maximum absolute atomic E-state index is 12.2. The summed E-state index contributed by atoms with van der Waals surface area (Å²) in [4.78, 5) is 11.9. The lowest BCUT2D eigenvalue weighted by atomic mass is 10.2. The monoisotopic (exact) mass is 395 g/mol. The van der Waals surface area contributed by atoms with Crippen LogP contribution in [0.1, 0.15) is 29.9 Å². The van der Waals surface area contributed by atoms with Crippen LogP contribution in [0.2, 0.25) is 0 Å². The number of amides is 1. The zero-order valence-electron chi connectivity index (χ0n) is 15.7. The van der Waals surface area contributed by atoms with Gasteiger partial charge in [0.25, 0.3) is 0 Å². The third kappa shape index (κ3) is 6.07. The summed E-state index contributed by atoms with van der Waals surface area (Å²) in [5.41, 5.74) is 1.35. The normalized spacial score (nSPS) is 11.4. The van der Waals surface area contributed by atoms with Gasteiger partial charge in [0.1, 0.15) is 16.3 Å². The van der Waals surface area contributed by atoms with Gasteiger partial charge in [0, 0.05) is 19.5 Å². The van der Waals surface area contributed by atoms with Crippen molar-refractivity contribution in [2.24, 2.45) is 0 Å². The van der Waals surface area contributed by atoms with Crippen molar-refractivity contribution in [3.63, 3.8) is 0 Å². The number of aromatic nitrogens is 1. The van der Waals surface area contributed by atoms with E-state index >= 15 is 0 Å². The fourth-order valence-electron chi connectivity index (χ4n) is 2.54. The van der Waals surface area contributed by atoms with Crippen molar-refractivity contribution >= 4 is 15.9 Å². The van der Waals surface area contributed by atoms with E-state index in [0.29, 0.717) is 25.1 Å². The first-order chi connectivity index (χ1) is 12.8. The van der Waals surface area contributed by atoms with Crippen molar-refractivity contribution in [3.05, 3.63) is 41.3 Å². The summed E-state index contributed by atoms with van der Waals surface area (Å²) < 4.78 is 37.4. The molecule has 148 valence electrons. The molecule has 8 nitrogen and oxygen atoms in total. The topological polar surface area (TPSA) is 111 Å². The Bertz CT molecular complexity index is 857. The number of aryl methyl sites for hydroxylation is 3. The zero-order valence-corrected chi connectivity index (χ0v) is 16.6. The number of nitrogens with zero attached hydrogens (tertiary/aromatic N) is 1. The smallest absolute Gasteiger partial charge is 0.246 e. The van der Waals surface area contributed by atoms with E-state index in [-0.39, 0.29) is 29.7 Å². The van der Waals surface area contributed by atoms with Gasteiger partial charge in [-0.1, -0.05) is 23.4 Å². The number of hydrogen-bond acceptors (Lipinski definition) is 6. The van der Waals surface area contributed by atoms with Crippen LogP contribution in [0, 0.1) is 20.8 Å². The van der Waals surface area contributed by atoms with Gasteiger partial charge >= 0.3 is 0 Å². The van der Waals surface area contributed by atoms with Gasteiger partial charge in [-0.05, 0) is 38.8 Å². The third-order valence-electron chi connectivity index (χ3n) is 3.88. The molecule has 0 atom stereocenters. The molecule has 2 N–H and O–H groups in total. The van der Waals surface area contributed by atoms with Gasteiger partial charge in [-0.25, -0.2) is 13.1 Å². The Morgan fingerprint density at radius 2 is 1.93 bits per heavy atom. The van der Waals surface area contributed by atoms with E-state index in [0.717, 1.165) is 11.3 Å². The number of para-hydroxylation sites is 1. The number of nitrogens with one attached hydrogen (secondary N) is 2. The molecule has 0 fully saturated rings. The highest BCUT2D eigenvalue weighted by Crippen LogP contribution is 2.18. The fraction of sp³-hybridized carbons (Fsp3) is 0.444. The number of ether oxygens (including phenoxy) is 1. The Kier molecular flexibility index (Phi) is 7.37. The average Bonchev–Trinajstić information content (AvgIpc) is 2.96. The van der Waals surface area contributed by atoms with Gasteiger partial charge in [-0.15, -0.1) is 0 Å². The van der Waals surface area contributed by atoms with Gasteiger partial charge in [0.2, 0.25) is 15.9 Å². The van der Waals surface area contributed by atoms with Crippen molar-refractivity contribution in [2.75, 3.05) is 19.7 Å². The molecule has 0 aliphatic heterocycles. The third-order valence-corrected chi connectivity index (χ3v) is 5.58. The van der Waals surface area contributed by atoms with Crippen molar-refractivity contribution in [2.45, 2.75) is 38.5 Å². The lowest BCUT2D eigenvalue weighted by Crippen LogP contribution is -2.35. The quantitative estimate of drug-likeness (QED) is 0.594. The second-order valence-corrected chi connectivity index (χ2v) is 7.82. The number of carbonyl (C=O) groups is 1. The van der Waals surface area contributed by atoms with E-state index in [1.54, 1.807) is 6.92 Å². The minimum atomic E-state index is -3.71. The SMILES string of the molecule is Cc1ccccc1OCCCC(=O)NCCNS(=O)(=O)c1c(C)noc1C. The maximum Gasteiger partial charge on any atom is 0.246 e. The molecular formula is C18H25N3O5S. The van der Waals surface area contributed by atoms with E-state index in [1.165, 1.54) is 6.92 Å². The second-order valence-electron chi connectivity index (χ2n) is 6.12. The molecule has 27 heavy (non-hydrogen) atoms. The number of benzene rings is 1. The molecule has 9 heteroatoms. The van der Waals surface area contributed by atoms with Gasteiger partial charge in [0.15, 0.2) is 5.76 Å². The van der Waals surface area contributed by atoms with Crippen molar-refractivity contribution < 1.29 is 22.5 Å². The van der Waals surface area contributed by atoms with Gasteiger partial charge in [0.05, 0.1) is 6.61 Å². The molecule has 1 amide bonds. The molecule has 0 spiro atoms. The predicted octanol–water partition coefficient (Wildman–Crippen LogP) is 1.85. The molecule has 0 saturated heterocycles. The van der Waals surface area contributed by atoms with Gasteiger partial charge < -0.3 is 14.6 Å². The largest absolute Gasteiger partial charge is 0.493 e. The summed E-state index contributed by atoms with van der Waals surface area (Å²) in [5.74, 6) is 0.893. The Balaban J connectivity index is 1.64. The zero-order chi connectivity index (χ0) is 19.9. The molecule has 2 rings (SSSR count). The van der Waals surface area contributed by atoms with Crippen molar-refractivity contribution in [1.29, 1.82) is 0 Å². The van der Waals surface area contributed by atoms with Crippen molar-refractivity contribution in [3.8, 4) is 5.75 Å². The minimum absolute atomic E-state index is 0.0437. The molecule has 1 aromatic carbocycles. The van der Waals surface area contributed by atoms with E-state index in [2.05, 4.69) is 15.2 Å². The molecule has 1 aromatic heterocycles. The summed E-state index contributed by atoms with van der Waals surface area (Å²) >= 11 is 0. The minimum Gasteiger partial charge on any atom is -0.493 e. The van der Waals surface area contributed by atoms with Crippen LogP contribution in [-0.4, -0.2) is 39.2 Å². The highest BCUT2D eigenvalue weighted by molar-refractivity contribution is 7.89. The summed E-state index contributed by atoms with van der Waals surface area (Å²) in [6.45, 7) is 5.78. The highest BCUT2D eigenvalue weighted by atomic mass is 32.2. The molecule has 0 aliphatic carbocycles. The molecule has 0 bridgehead atoms. The number of carbonyl (C=O) groups excluding carboxylic acids is 1. The lowest BCUT2D eigenvalue weighted by Gasteiger charge is -2.09. The first-order valence-corrected chi connectivity index (χ1v) is 10.2. The molecule has 0 saturated carbocycles. The van der Waals surface area contributed by atoms with Crippen LogP contribution in [0.5, 0.6) is 5.75 Å². The first kappa shape index (κ1) is 20.9. The maximum atomic E-state index is 12.2. The highest BCUT2D eigenvalue weighted by Gasteiger charge is 2.23. The summed E-state index contributed by atoms with van der Waals surface area (Å²) in [5, 5.41) is 6.31. The van der Waals surface area contributed by atoms with Crippen LogP contribution in [0.3, 0.4) is 0 Å². The van der Waals surface area contributed by atoms with Gasteiger partial charge in [-0.3, -0.25) is 4.79 Å². The molecule has 0 unspecified atom stereocenters. The predicted molar refractivity (Wildman–Crippen MR) is 100 cm³/mol. The first-order valence-electron chi connectivity index (χ1n) is 8.69. The van der Waals surface area contributed by atoms with Crippen molar-refractivity contribution in [1.82, 2.24) is 15.2 Å².